The summed E-state index contributed by atoms with van der Waals surface area (Å²) in [4.78, 5) is 10.3. The number of aliphatic carboxylic acids is 1. The van der Waals surface area contributed by atoms with Gasteiger partial charge in [-0.1, -0.05) is 23.7 Å². The second-order valence-electron chi connectivity index (χ2n) is 3.00. The maximum absolute atomic E-state index is 10.3. The third-order valence-electron chi connectivity index (χ3n) is 1.87. The van der Waals surface area contributed by atoms with Gasteiger partial charge in [-0.2, -0.15) is 0 Å². The van der Waals surface area contributed by atoms with Gasteiger partial charge in [0, 0.05) is 17.7 Å². The van der Waals surface area contributed by atoms with Crippen molar-refractivity contribution in [3.63, 3.8) is 0 Å². The van der Waals surface area contributed by atoms with Crippen LogP contribution in [-0.4, -0.2) is 22.8 Å². The minimum absolute atomic E-state index is 0.0701. The zero-order chi connectivity index (χ0) is 11.3. The predicted octanol–water partition coefficient (Wildman–Crippen LogP) is 1.97. The average Bonchev–Trinajstić information content (AvgIpc) is 2.17. The number of aliphatic hydroxyl groups excluding tert-OH is 1. The van der Waals surface area contributed by atoms with E-state index in [1.54, 1.807) is 12.1 Å². The lowest BCUT2D eigenvalue weighted by atomic mass is 10.1. The maximum Gasteiger partial charge on any atom is 0.328 e. The van der Waals surface area contributed by atoms with Crippen LogP contribution in [-0.2, 0) is 11.2 Å². The molecular formula is C11H11ClO3. The van der Waals surface area contributed by atoms with Crippen LogP contribution in [0.2, 0.25) is 5.02 Å². The summed E-state index contributed by atoms with van der Waals surface area (Å²) in [7, 11) is 0. The van der Waals surface area contributed by atoms with Crippen LogP contribution in [0.25, 0.3) is 6.08 Å². The van der Waals surface area contributed by atoms with Crippen LogP contribution >= 0.6 is 11.6 Å². The molecule has 0 saturated heterocycles. The number of benzene rings is 1. The van der Waals surface area contributed by atoms with Crippen molar-refractivity contribution < 1.29 is 15.0 Å². The summed E-state index contributed by atoms with van der Waals surface area (Å²) < 4.78 is 0. The molecule has 0 bridgehead atoms. The van der Waals surface area contributed by atoms with Crippen LogP contribution in [0, 0.1) is 0 Å². The van der Waals surface area contributed by atoms with Gasteiger partial charge >= 0.3 is 5.97 Å². The van der Waals surface area contributed by atoms with Crippen molar-refractivity contribution in [2.24, 2.45) is 0 Å². The number of carboxylic acid groups (broad SMARTS) is 1. The van der Waals surface area contributed by atoms with E-state index in [9.17, 15) is 4.79 Å². The molecule has 2 N–H and O–H groups in total. The number of rotatable bonds is 4. The highest BCUT2D eigenvalue weighted by atomic mass is 35.5. The fraction of sp³-hybridized carbons (Fsp3) is 0.182. The highest BCUT2D eigenvalue weighted by Gasteiger charge is 1.99. The highest BCUT2D eigenvalue weighted by Crippen LogP contribution is 2.19. The van der Waals surface area contributed by atoms with Gasteiger partial charge in [0.1, 0.15) is 0 Å². The van der Waals surface area contributed by atoms with Gasteiger partial charge in [0.15, 0.2) is 0 Å². The largest absolute Gasteiger partial charge is 0.478 e. The number of hydrogen-bond acceptors (Lipinski definition) is 2. The van der Waals surface area contributed by atoms with Crippen LogP contribution in [0.15, 0.2) is 24.3 Å². The lowest BCUT2D eigenvalue weighted by Gasteiger charge is -2.02. The van der Waals surface area contributed by atoms with Crippen LogP contribution in [0.1, 0.15) is 11.1 Å². The monoisotopic (exact) mass is 226 g/mol. The van der Waals surface area contributed by atoms with Crippen molar-refractivity contribution in [1.82, 2.24) is 0 Å². The second-order valence-corrected chi connectivity index (χ2v) is 3.41. The van der Waals surface area contributed by atoms with Crippen molar-refractivity contribution in [3.05, 3.63) is 40.4 Å². The van der Waals surface area contributed by atoms with E-state index in [0.717, 1.165) is 11.6 Å². The quantitative estimate of drug-likeness (QED) is 0.772. The van der Waals surface area contributed by atoms with E-state index in [0.29, 0.717) is 17.0 Å². The summed E-state index contributed by atoms with van der Waals surface area (Å²) in [5.74, 6) is -1.01. The zero-order valence-electron chi connectivity index (χ0n) is 7.98. The summed E-state index contributed by atoms with van der Waals surface area (Å²) in [5, 5.41) is 17.6. The van der Waals surface area contributed by atoms with E-state index in [-0.39, 0.29) is 6.61 Å². The molecule has 0 unspecified atom stereocenters. The topological polar surface area (TPSA) is 57.5 Å². The Hall–Kier alpha value is -1.32. The molecule has 0 radical (unpaired) electrons. The lowest BCUT2D eigenvalue weighted by molar-refractivity contribution is -0.131. The van der Waals surface area contributed by atoms with Gasteiger partial charge in [0.2, 0.25) is 0 Å². The molecule has 0 atom stereocenters. The Morgan fingerprint density at radius 2 is 2.20 bits per heavy atom. The van der Waals surface area contributed by atoms with Crippen molar-refractivity contribution in [2.75, 3.05) is 6.61 Å². The van der Waals surface area contributed by atoms with Gasteiger partial charge in [0.05, 0.1) is 0 Å². The molecule has 15 heavy (non-hydrogen) atoms. The van der Waals surface area contributed by atoms with Crippen LogP contribution in [0.4, 0.5) is 0 Å². The number of halogens is 1. The van der Waals surface area contributed by atoms with Gasteiger partial charge < -0.3 is 10.2 Å². The molecular weight excluding hydrogens is 216 g/mol. The van der Waals surface area contributed by atoms with Crippen LogP contribution in [0.3, 0.4) is 0 Å². The lowest BCUT2D eigenvalue weighted by Crippen LogP contribution is -1.91. The zero-order valence-corrected chi connectivity index (χ0v) is 8.74. The molecule has 1 aromatic carbocycles. The summed E-state index contributed by atoms with van der Waals surface area (Å²) >= 11 is 5.92. The molecule has 0 aliphatic heterocycles. The molecule has 3 nitrogen and oxygen atoms in total. The molecule has 0 aromatic heterocycles. The summed E-state index contributed by atoms with van der Waals surface area (Å²) in [5.41, 5.74) is 1.58. The molecule has 0 spiro atoms. The highest BCUT2D eigenvalue weighted by molar-refractivity contribution is 6.32. The minimum atomic E-state index is -1.01. The number of carbonyl (C=O) groups is 1. The summed E-state index contributed by atoms with van der Waals surface area (Å²) in [6.45, 7) is 0.0701. The molecule has 1 aromatic rings. The van der Waals surface area contributed by atoms with Crippen molar-refractivity contribution in [3.8, 4) is 0 Å². The van der Waals surface area contributed by atoms with E-state index in [1.165, 1.54) is 6.08 Å². The molecule has 4 heteroatoms. The molecule has 0 aliphatic rings. The standard InChI is InChI=1S/C11H11ClO3/c12-10-7-8(5-6-13)1-2-9(10)3-4-11(14)15/h1-4,7,13H,5-6H2,(H,14,15)/b4-3+. The Kier molecular flexibility index (Phi) is 4.34. The van der Waals surface area contributed by atoms with Gasteiger partial charge in [-0.3, -0.25) is 0 Å². The molecule has 80 valence electrons. The van der Waals surface area contributed by atoms with E-state index in [1.807, 2.05) is 6.07 Å². The van der Waals surface area contributed by atoms with E-state index < -0.39 is 5.97 Å². The van der Waals surface area contributed by atoms with Gasteiger partial charge in [-0.05, 0) is 29.7 Å². The van der Waals surface area contributed by atoms with Gasteiger partial charge in [-0.15, -0.1) is 0 Å². The van der Waals surface area contributed by atoms with E-state index in [2.05, 4.69) is 0 Å². The maximum atomic E-state index is 10.3. The summed E-state index contributed by atoms with van der Waals surface area (Å²) in [6, 6.07) is 5.26. The van der Waals surface area contributed by atoms with Gasteiger partial charge in [-0.25, -0.2) is 4.79 Å². The number of hydrogen-bond donors (Lipinski definition) is 2. The van der Waals surface area contributed by atoms with Crippen molar-refractivity contribution >= 4 is 23.6 Å². The average molecular weight is 227 g/mol. The fourth-order valence-corrected chi connectivity index (χ4v) is 1.42. The van der Waals surface area contributed by atoms with Gasteiger partial charge in [0.25, 0.3) is 0 Å². The number of carboxylic acids is 1. The predicted molar refractivity (Wildman–Crippen MR) is 58.9 cm³/mol. The molecule has 0 aliphatic carbocycles. The first-order valence-electron chi connectivity index (χ1n) is 4.44. The smallest absolute Gasteiger partial charge is 0.328 e. The summed E-state index contributed by atoms with van der Waals surface area (Å²) in [6.07, 6.45) is 3.02. The van der Waals surface area contributed by atoms with Crippen LogP contribution < -0.4 is 0 Å². The molecule has 0 amide bonds. The molecule has 0 fully saturated rings. The SMILES string of the molecule is O=C(O)/C=C/c1ccc(CCO)cc1Cl. The Labute approximate surface area is 92.6 Å². The van der Waals surface area contributed by atoms with Crippen molar-refractivity contribution in [1.29, 1.82) is 0 Å². The third kappa shape index (κ3) is 3.73. The minimum Gasteiger partial charge on any atom is -0.478 e. The molecule has 1 rings (SSSR count). The Morgan fingerprint density at radius 3 is 2.73 bits per heavy atom. The van der Waals surface area contributed by atoms with Crippen LogP contribution in [0.5, 0.6) is 0 Å². The first-order valence-corrected chi connectivity index (χ1v) is 4.81. The normalized spacial score (nSPS) is 10.8. The second kappa shape index (κ2) is 5.53. The fourth-order valence-electron chi connectivity index (χ4n) is 1.15. The molecule has 0 saturated carbocycles. The Morgan fingerprint density at radius 1 is 1.47 bits per heavy atom. The Bertz CT molecular complexity index is 385. The number of aliphatic hydroxyl groups is 1. The van der Waals surface area contributed by atoms with Crippen molar-refractivity contribution in [2.45, 2.75) is 6.42 Å². The first-order chi connectivity index (χ1) is 7.13. The third-order valence-corrected chi connectivity index (χ3v) is 2.20. The molecule has 0 heterocycles. The van der Waals surface area contributed by atoms with E-state index in [4.69, 9.17) is 21.8 Å². The first kappa shape index (κ1) is 11.8. The Balaban J connectivity index is 2.88. The van der Waals surface area contributed by atoms with E-state index >= 15 is 0 Å².